The smallest absolute Gasteiger partial charge is 0.272 e. The summed E-state index contributed by atoms with van der Waals surface area (Å²) in [5.74, 6) is -0.297. The number of carbonyl (C=O) groups is 1. The van der Waals surface area contributed by atoms with Crippen LogP contribution in [-0.2, 0) is 19.6 Å². The molecule has 1 unspecified atom stereocenters. The SMILES string of the molecule is O=C(Nc1cccc(-c2cc(-c3ccccc3S(=O)(=O)N(F)C3CNCCO3)no2)c1)C(Cl)Cl. The summed E-state index contributed by atoms with van der Waals surface area (Å²) in [7, 11) is -4.55. The van der Waals surface area contributed by atoms with E-state index in [1.54, 1.807) is 30.3 Å². The maximum atomic E-state index is 14.9. The van der Waals surface area contributed by atoms with Gasteiger partial charge in [-0.3, -0.25) is 4.79 Å². The maximum absolute atomic E-state index is 14.9. The van der Waals surface area contributed by atoms with Gasteiger partial charge in [0, 0.05) is 36.0 Å². The summed E-state index contributed by atoms with van der Waals surface area (Å²) in [6.07, 6.45) is -1.28. The number of ether oxygens (including phenoxy) is 1. The number of anilines is 1. The zero-order chi connectivity index (χ0) is 24.3. The normalized spacial score (nSPS) is 16.7. The second-order valence-electron chi connectivity index (χ2n) is 7.22. The molecular formula is C21H19Cl2FN4O5S. The Morgan fingerprint density at radius 3 is 2.74 bits per heavy atom. The highest BCUT2D eigenvalue weighted by atomic mass is 35.5. The van der Waals surface area contributed by atoms with Crippen molar-refractivity contribution >= 4 is 44.8 Å². The first-order valence-corrected chi connectivity index (χ1v) is 12.4. The van der Waals surface area contributed by atoms with Crippen LogP contribution in [0.15, 0.2) is 64.0 Å². The molecule has 0 bridgehead atoms. The van der Waals surface area contributed by atoms with Crippen molar-refractivity contribution in [1.82, 2.24) is 15.0 Å². The molecule has 1 aliphatic rings. The minimum absolute atomic E-state index is 0.0209. The van der Waals surface area contributed by atoms with Crippen molar-refractivity contribution < 1.29 is 27.0 Å². The van der Waals surface area contributed by atoms with Gasteiger partial charge >= 0.3 is 0 Å². The molecule has 9 nitrogen and oxygen atoms in total. The Morgan fingerprint density at radius 2 is 2.00 bits per heavy atom. The minimum Gasteiger partial charge on any atom is -0.357 e. The van der Waals surface area contributed by atoms with E-state index in [0.717, 1.165) is 0 Å². The van der Waals surface area contributed by atoms with Gasteiger partial charge in [0.25, 0.3) is 15.9 Å². The van der Waals surface area contributed by atoms with Crippen LogP contribution in [0.3, 0.4) is 0 Å². The van der Waals surface area contributed by atoms with E-state index in [1.807, 2.05) is 0 Å². The highest BCUT2D eigenvalue weighted by molar-refractivity contribution is 7.89. The van der Waals surface area contributed by atoms with Crippen LogP contribution in [0.1, 0.15) is 0 Å². The summed E-state index contributed by atoms with van der Waals surface area (Å²) >= 11 is 11.1. The first kappa shape index (κ1) is 24.6. The molecule has 1 aromatic heterocycles. The fraction of sp³-hybridized carbons (Fsp3) is 0.238. The number of halogens is 3. The van der Waals surface area contributed by atoms with E-state index in [2.05, 4.69) is 15.8 Å². The van der Waals surface area contributed by atoms with Crippen LogP contribution < -0.4 is 10.6 Å². The zero-order valence-corrected chi connectivity index (χ0v) is 19.8. The van der Waals surface area contributed by atoms with Crippen molar-refractivity contribution in [2.24, 2.45) is 0 Å². The molecule has 180 valence electrons. The van der Waals surface area contributed by atoms with Gasteiger partial charge in [0.1, 0.15) is 5.69 Å². The van der Waals surface area contributed by atoms with Crippen LogP contribution in [0.4, 0.5) is 10.2 Å². The summed E-state index contributed by atoms with van der Waals surface area (Å²) in [6.45, 7) is 0.712. The first-order valence-electron chi connectivity index (χ1n) is 10.1. The van der Waals surface area contributed by atoms with E-state index in [0.29, 0.717) is 23.6 Å². The summed E-state index contributed by atoms with van der Waals surface area (Å²) in [5, 5.41) is 9.42. The number of nitrogens with zero attached hydrogens (tertiary/aromatic N) is 2. The van der Waals surface area contributed by atoms with E-state index in [4.69, 9.17) is 32.5 Å². The lowest BCUT2D eigenvalue weighted by molar-refractivity contribution is -0.114. The average Bonchev–Trinajstić information content (AvgIpc) is 3.34. The lowest BCUT2D eigenvalue weighted by Gasteiger charge is -2.27. The fourth-order valence-electron chi connectivity index (χ4n) is 3.32. The van der Waals surface area contributed by atoms with Crippen molar-refractivity contribution in [2.75, 3.05) is 25.0 Å². The molecule has 2 N–H and O–H groups in total. The molecule has 13 heteroatoms. The second-order valence-corrected chi connectivity index (χ2v) is 10.1. The number of rotatable bonds is 7. The molecule has 1 aliphatic heterocycles. The van der Waals surface area contributed by atoms with Gasteiger partial charge in [-0.2, -0.15) is 0 Å². The van der Waals surface area contributed by atoms with Gasteiger partial charge < -0.3 is 19.9 Å². The van der Waals surface area contributed by atoms with Crippen molar-refractivity contribution in [3.05, 3.63) is 54.6 Å². The topological polar surface area (TPSA) is 114 Å². The van der Waals surface area contributed by atoms with E-state index >= 15 is 0 Å². The Balaban J connectivity index is 1.64. The van der Waals surface area contributed by atoms with Crippen molar-refractivity contribution in [1.29, 1.82) is 0 Å². The third kappa shape index (κ3) is 5.24. The highest BCUT2D eigenvalue weighted by Crippen LogP contribution is 2.33. The van der Waals surface area contributed by atoms with E-state index in [9.17, 15) is 17.7 Å². The number of hydrogen-bond acceptors (Lipinski definition) is 7. The number of sulfonamides is 1. The molecule has 34 heavy (non-hydrogen) atoms. The minimum atomic E-state index is -4.55. The van der Waals surface area contributed by atoms with Crippen LogP contribution in [0.2, 0.25) is 0 Å². The molecule has 1 atom stereocenters. The third-order valence-corrected chi connectivity index (χ3v) is 6.93. The lowest BCUT2D eigenvalue weighted by atomic mass is 10.1. The van der Waals surface area contributed by atoms with Gasteiger partial charge in [-0.1, -0.05) is 58.7 Å². The number of morpholine rings is 1. The molecule has 0 saturated carbocycles. The van der Waals surface area contributed by atoms with Crippen LogP contribution in [0.5, 0.6) is 0 Å². The van der Waals surface area contributed by atoms with Crippen molar-refractivity contribution in [3.8, 4) is 22.6 Å². The van der Waals surface area contributed by atoms with Crippen LogP contribution in [0.25, 0.3) is 22.6 Å². The molecular weight excluding hydrogens is 510 g/mol. The maximum Gasteiger partial charge on any atom is 0.272 e. The van der Waals surface area contributed by atoms with E-state index in [-0.39, 0.29) is 33.8 Å². The number of alkyl halides is 2. The molecule has 0 radical (unpaired) electrons. The quantitative estimate of drug-likeness (QED) is 0.355. The van der Waals surface area contributed by atoms with Gasteiger partial charge in [0.15, 0.2) is 16.8 Å². The number of aromatic nitrogens is 1. The number of carbonyl (C=O) groups excluding carboxylic acids is 1. The molecule has 1 fully saturated rings. The Hall–Kier alpha value is -2.54. The summed E-state index contributed by atoms with van der Waals surface area (Å²) in [6, 6.07) is 14.0. The van der Waals surface area contributed by atoms with Gasteiger partial charge in [-0.05, 0) is 22.7 Å². The van der Waals surface area contributed by atoms with Crippen LogP contribution in [0, 0.1) is 0 Å². The zero-order valence-electron chi connectivity index (χ0n) is 17.4. The number of nitrogens with one attached hydrogen (secondary N) is 2. The number of amides is 1. The largest absolute Gasteiger partial charge is 0.357 e. The monoisotopic (exact) mass is 528 g/mol. The van der Waals surface area contributed by atoms with Gasteiger partial charge in [-0.25, -0.2) is 8.42 Å². The molecule has 0 aliphatic carbocycles. The molecule has 0 spiro atoms. The Morgan fingerprint density at radius 1 is 1.21 bits per heavy atom. The summed E-state index contributed by atoms with van der Waals surface area (Å²) < 4.78 is 51.3. The van der Waals surface area contributed by atoms with Crippen molar-refractivity contribution in [2.45, 2.75) is 16.0 Å². The molecule has 2 aromatic carbocycles. The fourth-order valence-corrected chi connectivity index (χ4v) is 4.76. The first-order chi connectivity index (χ1) is 16.3. The standard InChI is InChI=1S/C21H19Cl2FN4O5S/c22-20(23)21(29)26-14-5-3-4-13(10-14)17-11-16(27-33-17)15-6-1-2-7-18(15)34(30,31)28(24)19-12-25-8-9-32-19/h1-7,10-11,19-20,25H,8-9,12H2,(H,26,29). The average molecular weight is 529 g/mol. The predicted molar refractivity (Wildman–Crippen MR) is 124 cm³/mol. The van der Waals surface area contributed by atoms with E-state index < -0.39 is 27.0 Å². The summed E-state index contributed by atoms with van der Waals surface area (Å²) in [4.78, 5) is 10.2. The lowest BCUT2D eigenvalue weighted by Crippen LogP contribution is -2.48. The third-order valence-electron chi connectivity index (χ3n) is 4.93. The van der Waals surface area contributed by atoms with Gasteiger partial charge in [0.2, 0.25) is 0 Å². The van der Waals surface area contributed by atoms with E-state index in [1.165, 1.54) is 24.3 Å². The highest BCUT2D eigenvalue weighted by Gasteiger charge is 2.36. The predicted octanol–water partition coefficient (Wildman–Crippen LogP) is 3.57. The molecule has 4 rings (SSSR count). The molecule has 2 heterocycles. The van der Waals surface area contributed by atoms with Gasteiger partial charge in [0.05, 0.1) is 11.5 Å². The second kappa shape index (κ2) is 10.4. The molecule has 3 aromatic rings. The number of benzene rings is 2. The summed E-state index contributed by atoms with van der Waals surface area (Å²) in [5.41, 5.74) is 1.30. The van der Waals surface area contributed by atoms with Crippen LogP contribution >= 0.6 is 23.2 Å². The Labute approximate surface area is 204 Å². The molecule has 1 amide bonds. The number of hydrogen-bond donors (Lipinski definition) is 2. The molecule has 1 saturated heterocycles. The van der Waals surface area contributed by atoms with Gasteiger partial charge in [-0.15, -0.1) is 4.48 Å². The van der Waals surface area contributed by atoms with Crippen LogP contribution in [-0.4, -0.2) is 54.8 Å². The Kier molecular flexibility index (Phi) is 7.51. The Bertz CT molecular complexity index is 1280. The van der Waals surface area contributed by atoms with Crippen molar-refractivity contribution in [3.63, 3.8) is 0 Å².